The number of rotatable bonds is 0. The van der Waals surface area contributed by atoms with Crippen molar-refractivity contribution in [3.63, 3.8) is 0 Å². The Hall–Kier alpha value is 1.67. The summed E-state index contributed by atoms with van der Waals surface area (Å²) in [5, 5.41) is 2.12. The molecule has 0 aromatic carbocycles. The molecule has 18 heavy (non-hydrogen) atoms. The van der Waals surface area contributed by atoms with Crippen molar-refractivity contribution in [3.8, 4) is 0 Å². The van der Waals surface area contributed by atoms with Crippen LogP contribution in [0.5, 0.6) is 0 Å². The molecule has 1 aliphatic rings. The number of hydrogen-bond acceptors (Lipinski definition) is 7. The van der Waals surface area contributed by atoms with Crippen LogP contribution in [0.3, 0.4) is 0 Å². The Morgan fingerprint density at radius 3 is 2.50 bits per heavy atom. The molecule has 0 aliphatic carbocycles. The van der Waals surface area contributed by atoms with Crippen LogP contribution < -0.4 is 0 Å². The molecule has 0 radical (unpaired) electrons. The largest absolute Gasteiger partial charge is 0.0845 e. The third kappa shape index (κ3) is 12.7. The third-order valence-electron chi connectivity index (χ3n) is 1.90. The van der Waals surface area contributed by atoms with Crippen molar-refractivity contribution in [2.75, 3.05) is 5.75 Å². The van der Waals surface area contributed by atoms with Crippen LogP contribution >= 0.6 is 70.7 Å². The van der Waals surface area contributed by atoms with Gasteiger partial charge in [-0.2, -0.15) is 0 Å². The molecule has 1 rings (SSSR count). The smallest absolute Gasteiger partial charge is 0.00454 e. The van der Waals surface area contributed by atoms with E-state index in [0.29, 0.717) is 0 Å². The molecule has 0 nitrogen and oxygen atoms in total. The Bertz CT molecular complexity index is 236. The zero-order valence-electron chi connectivity index (χ0n) is 9.86. The van der Waals surface area contributed by atoms with E-state index in [0.717, 1.165) is 0 Å². The first-order valence-corrected chi connectivity index (χ1v) is 14.6. The maximum atomic E-state index is 2.26. The van der Waals surface area contributed by atoms with Gasteiger partial charge in [0.2, 0.25) is 0 Å². The predicted octanol–water partition coefficient (Wildman–Crippen LogP) is 7.81. The van der Waals surface area contributed by atoms with Crippen LogP contribution in [0.25, 0.3) is 0 Å². The first-order valence-electron chi connectivity index (χ1n) is 5.60. The lowest BCUT2D eigenvalue weighted by Gasteiger charge is -1.99. The minimum Gasteiger partial charge on any atom is -0.0845 e. The van der Waals surface area contributed by atoms with Crippen LogP contribution in [0.4, 0.5) is 0 Å². The summed E-state index contributed by atoms with van der Waals surface area (Å²) in [6, 6.07) is 0. The molecule has 0 aromatic rings. The molecule has 0 atom stereocenters. The van der Waals surface area contributed by atoms with Crippen LogP contribution in [0.15, 0.2) is 35.8 Å². The molecule has 0 N–H and O–H groups in total. The summed E-state index contributed by atoms with van der Waals surface area (Å²) < 4.78 is 0. The molecule has 0 amide bonds. The molecule has 0 unspecified atom stereocenters. The number of hydrogen-bond donors (Lipinski definition) is 0. The average Bonchev–Trinajstić information content (AvgIpc) is 2.39. The minimum absolute atomic E-state index is 1.21. The van der Waals surface area contributed by atoms with Gasteiger partial charge >= 0.3 is 0 Å². The van der Waals surface area contributed by atoms with E-state index in [9.17, 15) is 0 Å². The summed E-state index contributed by atoms with van der Waals surface area (Å²) in [6.45, 7) is 0. The molecule has 102 valence electrons. The SMILES string of the molecule is C1=C/C=C/CCCCCSSSSSSSC=C1. The van der Waals surface area contributed by atoms with Gasteiger partial charge in [0.1, 0.15) is 0 Å². The zero-order chi connectivity index (χ0) is 12.7. The summed E-state index contributed by atoms with van der Waals surface area (Å²) >= 11 is 0. The van der Waals surface area contributed by atoms with Gasteiger partial charge in [0, 0.05) is 5.75 Å². The minimum atomic E-state index is 1.21. The highest BCUT2D eigenvalue weighted by Gasteiger charge is 1.95. The van der Waals surface area contributed by atoms with E-state index in [4.69, 9.17) is 0 Å². The summed E-state index contributed by atoms with van der Waals surface area (Å²) in [7, 11) is 13.0. The second kappa shape index (κ2) is 15.1. The summed E-state index contributed by atoms with van der Waals surface area (Å²) in [5.41, 5.74) is 0. The van der Waals surface area contributed by atoms with Crippen molar-refractivity contribution in [1.82, 2.24) is 0 Å². The highest BCUT2D eigenvalue weighted by molar-refractivity contribution is 9.46. The standard InChI is InChI=1S/C11H16S7/c1-2-4-6-8-10-12-14-16-18-17-15-13-11-9-7-5-3-1/h1-2,4,6,8,10H,3,5,7,9,11H2/b2-1+,6-4?,10-8?. The Balaban J connectivity index is 2.20. The second-order valence-electron chi connectivity index (χ2n) is 3.25. The highest BCUT2D eigenvalue weighted by atomic mass is 33.9. The van der Waals surface area contributed by atoms with Gasteiger partial charge in [-0.15, -0.1) is 0 Å². The average molecular weight is 373 g/mol. The second-order valence-corrected chi connectivity index (χ2v) is 14.5. The van der Waals surface area contributed by atoms with Gasteiger partial charge in [0.25, 0.3) is 0 Å². The van der Waals surface area contributed by atoms with E-state index in [-0.39, 0.29) is 0 Å². The van der Waals surface area contributed by atoms with Crippen LogP contribution in [-0.2, 0) is 0 Å². The monoisotopic (exact) mass is 372 g/mol. The van der Waals surface area contributed by atoms with E-state index in [1.807, 2.05) is 59.9 Å². The van der Waals surface area contributed by atoms with Gasteiger partial charge in [-0.25, -0.2) is 0 Å². The molecule has 0 saturated carbocycles. The topological polar surface area (TPSA) is 0 Å². The number of allylic oxidation sites excluding steroid dienone is 5. The van der Waals surface area contributed by atoms with Crippen LogP contribution in [0.2, 0.25) is 0 Å². The van der Waals surface area contributed by atoms with E-state index >= 15 is 0 Å². The van der Waals surface area contributed by atoms with Crippen LogP contribution in [0.1, 0.15) is 25.7 Å². The van der Waals surface area contributed by atoms with Gasteiger partial charge in [0.05, 0.1) is 0 Å². The maximum absolute atomic E-state index is 2.26. The molecule has 1 aliphatic heterocycles. The van der Waals surface area contributed by atoms with Crippen molar-refractivity contribution in [2.24, 2.45) is 0 Å². The Morgan fingerprint density at radius 2 is 1.50 bits per heavy atom. The Morgan fingerprint density at radius 1 is 0.667 bits per heavy atom. The van der Waals surface area contributed by atoms with Gasteiger partial charge in [0.15, 0.2) is 0 Å². The lowest BCUT2D eigenvalue weighted by atomic mass is 10.2. The fourth-order valence-corrected chi connectivity index (χ4v) is 14.7. The van der Waals surface area contributed by atoms with E-state index in [2.05, 4.69) is 35.8 Å². The lowest BCUT2D eigenvalue weighted by molar-refractivity contribution is 0.735. The van der Waals surface area contributed by atoms with Gasteiger partial charge in [-0.05, 0) is 73.8 Å². The predicted molar refractivity (Wildman–Crippen MR) is 104 cm³/mol. The summed E-state index contributed by atoms with van der Waals surface area (Å²) in [6.07, 6.45) is 15.9. The Labute approximate surface area is 137 Å². The molecule has 0 bridgehead atoms. The molecule has 0 spiro atoms. The van der Waals surface area contributed by atoms with Gasteiger partial charge in [-0.1, -0.05) is 58.4 Å². The molecular formula is C11H16S7. The molecule has 0 fully saturated rings. The normalized spacial score (nSPS) is 23.1. The maximum Gasteiger partial charge on any atom is 0.00454 e. The van der Waals surface area contributed by atoms with Crippen molar-refractivity contribution in [1.29, 1.82) is 0 Å². The first kappa shape index (κ1) is 17.7. The van der Waals surface area contributed by atoms with Gasteiger partial charge in [-0.3, -0.25) is 0 Å². The van der Waals surface area contributed by atoms with Crippen molar-refractivity contribution >= 4 is 70.7 Å². The first-order chi connectivity index (χ1) is 9.00. The molecule has 0 aromatic heterocycles. The zero-order valence-corrected chi connectivity index (χ0v) is 15.6. The third-order valence-corrected chi connectivity index (χ3v) is 14.6. The molecule has 7 heteroatoms. The van der Waals surface area contributed by atoms with Crippen LogP contribution in [-0.4, -0.2) is 5.75 Å². The fourth-order valence-electron chi connectivity index (χ4n) is 1.11. The van der Waals surface area contributed by atoms with Crippen LogP contribution in [0, 0.1) is 0 Å². The fraction of sp³-hybridized carbons (Fsp3) is 0.455. The Kier molecular flexibility index (Phi) is 14.8. The van der Waals surface area contributed by atoms with Crippen molar-refractivity contribution in [2.45, 2.75) is 25.7 Å². The van der Waals surface area contributed by atoms with E-state index in [1.54, 1.807) is 10.8 Å². The van der Waals surface area contributed by atoms with Gasteiger partial charge < -0.3 is 0 Å². The molecule has 1 heterocycles. The molecular weight excluding hydrogens is 357 g/mol. The quantitative estimate of drug-likeness (QED) is 0.392. The van der Waals surface area contributed by atoms with Crippen molar-refractivity contribution < 1.29 is 0 Å². The van der Waals surface area contributed by atoms with E-state index in [1.165, 1.54) is 31.4 Å². The lowest BCUT2D eigenvalue weighted by Crippen LogP contribution is -1.78. The summed E-state index contributed by atoms with van der Waals surface area (Å²) in [4.78, 5) is 0. The molecule has 0 saturated heterocycles. The van der Waals surface area contributed by atoms with Crippen molar-refractivity contribution in [3.05, 3.63) is 35.8 Å². The summed E-state index contributed by atoms with van der Waals surface area (Å²) in [5.74, 6) is 1.27. The highest BCUT2D eigenvalue weighted by Crippen LogP contribution is 2.55. The van der Waals surface area contributed by atoms with E-state index < -0.39 is 0 Å².